The van der Waals surface area contributed by atoms with Crippen molar-refractivity contribution < 1.29 is 4.79 Å². The van der Waals surface area contributed by atoms with Crippen molar-refractivity contribution in [3.8, 4) is 0 Å². The van der Waals surface area contributed by atoms with Crippen LogP contribution in [-0.4, -0.2) is 5.78 Å². The van der Waals surface area contributed by atoms with Crippen LogP contribution >= 0.6 is 11.6 Å². The Hall–Kier alpha value is -1.08. The van der Waals surface area contributed by atoms with Crippen molar-refractivity contribution >= 4 is 17.4 Å². The first kappa shape index (κ1) is 14.0. The van der Waals surface area contributed by atoms with Gasteiger partial charge in [0.05, 0.1) is 0 Å². The lowest BCUT2D eigenvalue weighted by Crippen LogP contribution is -2.01. The predicted octanol–water partition coefficient (Wildman–Crippen LogP) is 4.97. The lowest BCUT2D eigenvalue weighted by Gasteiger charge is -2.05. The van der Waals surface area contributed by atoms with E-state index in [2.05, 4.69) is 6.58 Å². The molecule has 17 heavy (non-hydrogen) atoms. The van der Waals surface area contributed by atoms with E-state index in [9.17, 15) is 4.79 Å². The van der Waals surface area contributed by atoms with Crippen LogP contribution in [0.25, 0.3) is 0 Å². The normalized spacial score (nSPS) is 10.2. The Morgan fingerprint density at radius 3 is 2.76 bits per heavy atom. The molecule has 0 N–H and O–H groups in total. The molecule has 0 heterocycles. The molecule has 0 amide bonds. The number of hydrogen-bond donors (Lipinski definition) is 0. The van der Waals surface area contributed by atoms with E-state index < -0.39 is 0 Å². The van der Waals surface area contributed by atoms with Crippen LogP contribution < -0.4 is 0 Å². The zero-order valence-electron chi connectivity index (χ0n) is 10.3. The maximum atomic E-state index is 11.9. The van der Waals surface area contributed by atoms with Crippen LogP contribution in [0.1, 0.15) is 48.0 Å². The Morgan fingerprint density at radius 1 is 1.35 bits per heavy atom. The van der Waals surface area contributed by atoms with Gasteiger partial charge in [0, 0.05) is 17.0 Å². The van der Waals surface area contributed by atoms with Gasteiger partial charge in [-0.15, -0.1) is 6.58 Å². The van der Waals surface area contributed by atoms with Gasteiger partial charge in [-0.25, -0.2) is 0 Å². The van der Waals surface area contributed by atoms with Crippen molar-refractivity contribution in [3.05, 3.63) is 47.0 Å². The summed E-state index contributed by atoms with van der Waals surface area (Å²) in [5, 5.41) is 0.685. The molecule has 92 valence electrons. The summed E-state index contributed by atoms with van der Waals surface area (Å²) in [7, 11) is 0. The van der Waals surface area contributed by atoms with E-state index in [1.807, 2.05) is 25.1 Å². The van der Waals surface area contributed by atoms with Crippen molar-refractivity contribution in [2.24, 2.45) is 0 Å². The van der Waals surface area contributed by atoms with E-state index in [-0.39, 0.29) is 5.78 Å². The van der Waals surface area contributed by atoms with Crippen LogP contribution in [0.5, 0.6) is 0 Å². The van der Waals surface area contributed by atoms with Crippen molar-refractivity contribution in [1.29, 1.82) is 0 Å². The van der Waals surface area contributed by atoms with E-state index >= 15 is 0 Å². The van der Waals surface area contributed by atoms with Crippen LogP contribution in [0.4, 0.5) is 0 Å². The number of Topliss-reactive ketones (excluding diaryl/α,β-unsaturated/α-hetero) is 1. The first-order chi connectivity index (χ1) is 8.15. The molecule has 0 aliphatic carbocycles. The van der Waals surface area contributed by atoms with Crippen LogP contribution in [0.15, 0.2) is 30.9 Å². The van der Waals surface area contributed by atoms with Crippen molar-refractivity contribution in [2.45, 2.75) is 39.0 Å². The minimum Gasteiger partial charge on any atom is -0.294 e. The number of ketones is 1. The van der Waals surface area contributed by atoms with Gasteiger partial charge < -0.3 is 0 Å². The minimum absolute atomic E-state index is 0.220. The minimum atomic E-state index is 0.220. The highest BCUT2D eigenvalue weighted by Crippen LogP contribution is 2.17. The van der Waals surface area contributed by atoms with E-state index in [4.69, 9.17) is 11.6 Å². The molecule has 0 aliphatic heterocycles. The highest BCUT2D eigenvalue weighted by Gasteiger charge is 2.08. The van der Waals surface area contributed by atoms with Gasteiger partial charge in [0.15, 0.2) is 5.78 Å². The quantitative estimate of drug-likeness (QED) is 0.379. The number of halogens is 1. The molecule has 0 aliphatic rings. The molecule has 1 aromatic carbocycles. The number of carbonyl (C=O) groups excluding carboxylic acids is 1. The molecule has 0 radical (unpaired) electrons. The standard InChI is InChI=1S/C15H19ClO/c1-3-4-5-6-7-8-15(17)14-10-9-13(16)11-12(14)2/h3,9-11H,1,4-8H2,2H3. The summed E-state index contributed by atoms with van der Waals surface area (Å²) in [6.07, 6.45) is 6.74. The lowest BCUT2D eigenvalue weighted by molar-refractivity contribution is 0.0978. The average Bonchev–Trinajstić information content (AvgIpc) is 2.28. The maximum absolute atomic E-state index is 11.9. The Bertz CT molecular complexity index is 396. The van der Waals surface area contributed by atoms with E-state index in [1.54, 1.807) is 6.07 Å². The highest BCUT2D eigenvalue weighted by molar-refractivity contribution is 6.30. The van der Waals surface area contributed by atoms with Gasteiger partial charge in [0.1, 0.15) is 0 Å². The lowest BCUT2D eigenvalue weighted by atomic mass is 10.0. The first-order valence-electron chi connectivity index (χ1n) is 6.05. The second-order valence-electron chi connectivity index (χ2n) is 4.27. The molecular weight excluding hydrogens is 232 g/mol. The zero-order valence-corrected chi connectivity index (χ0v) is 11.1. The topological polar surface area (TPSA) is 17.1 Å². The molecular formula is C15H19ClO. The number of unbranched alkanes of at least 4 members (excludes halogenated alkanes) is 3. The predicted molar refractivity (Wildman–Crippen MR) is 73.8 cm³/mol. The fourth-order valence-corrected chi connectivity index (χ4v) is 2.05. The van der Waals surface area contributed by atoms with Gasteiger partial charge in [-0.3, -0.25) is 4.79 Å². The number of rotatable bonds is 7. The molecule has 1 aromatic rings. The second kappa shape index (κ2) is 7.29. The van der Waals surface area contributed by atoms with Gasteiger partial charge in [-0.05, 0) is 49.9 Å². The molecule has 0 aromatic heterocycles. The van der Waals surface area contributed by atoms with Gasteiger partial charge in [-0.1, -0.05) is 24.1 Å². The van der Waals surface area contributed by atoms with Crippen molar-refractivity contribution in [1.82, 2.24) is 0 Å². The molecule has 0 saturated carbocycles. The number of carbonyl (C=O) groups is 1. The SMILES string of the molecule is C=CCCCCCC(=O)c1ccc(Cl)cc1C. The van der Waals surface area contributed by atoms with Crippen LogP contribution in [0.2, 0.25) is 5.02 Å². The van der Waals surface area contributed by atoms with Gasteiger partial charge in [-0.2, -0.15) is 0 Å². The molecule has 0 unspecified atom stereocenters. The summed E-state index contributed by atoms with van der Waals surface area (Å²) >= 11 is 5.86. The second-order valence-corrected chi connectivity index (χ2v) is 4.71. The van der Waals surface area contributed by atoms with Crippen molar-refractivity contribution in [2.75, 3.05) is 0 Å². The monoisotopic (exact) mass is 250 g/mol. The van der Waals surface area contributed by atoms with Crippen LogP contribution in [-0.2, 0) is 0 Å². The van der Waals surface area contributed by atoms with Gasteiger partial charge in [0.2, 0.25) is 0 Å². The number of allylic oxidation sites excluding steroid dienone is 1. The Balaban J connectivity index is 2.44. The zero-order chi connectivity index (χ0) is 12.7. The fraction of sp³-hybridized carbons (Fsp3) is 0.400. The van der Waals surface area contributed by atoms with Gasteiger partial charge in [0.25, 0.3) is 0 Å². The third kappa shape index (κ3) is 4.74. The molecule has 0 atom stereocenters. The first-order valence-corrected chi connectivity index (χ1v) is 6.43. The van der Waals surface area contributed by atoms with E-state index in [0.29, 0.717) is 11.4 Å². The van der Waals surface area contributed by atoms with Crippen LogP contribution in [0, 0.1) is 6.92 Å². The van der Waals surface area contributed by atoms with E-state index in [0.717, 1.165) is 36.8 Å². The smallest absolute Gasteiger partial charge is 0.163 e. The number of benzene rings is 1. The molecule has 0 saturated heterocycles. The molecule has 1 rings (SSSR count). The summed E-state index contributed by atoms with van der Waals surface area (Å²) in [4.78, 5) is 11.9. The average molecular weight is 251 g/mol. The largest absolute Gasteiger partial charge is 0.294 e. The summed E-state index contributed by atoms with van der Waals surface area (Å²) in [6, 6.07) is 5.44. The third-order valence-corrected chi connectivity index (χ3v) is 3.04. The Labute approximate surface area is 108 Å². The molecule has 0 fully saturated rings. The summed E-state index contributed by atoms with van der Waals surface area (Å²) in [5.41, 5.74) is 1.77. The maximum Gasteiger partial charge on any atom is 0.163 e. The van der Waals surface area contributed by atoms with E-state index in [1.165, 1.54) is 0 Å². The molecule has 0 spiro atoms. The fourth-order valence-electron chi connectivity index (χ4n) is 1.83. The van der Waals surface area contributed by atoms with Crippen molar-refractivity contribution in [3.63, 3.8) is 0 Å². The number of aryl methyl sites for hydroxylation is 1. The molecule has 2 heteroatoms. The number of hydrogen-bond acceptors (Lipinski definition) is 1. The summed E-state index contributed by atoms with van der Waals surface area (Å²) in [6.45, 7) is 5.61. The molecule has 0 bridgehead atoms. The summed E-state index contributed by atoms with van der Waals surface area (Å²) < 4.78 is 0. The Morgan fingerprint density at radius 2 is 2.12 bits per heavy atom. The Kier molecular flexibility index (Phi) is 5.99. The highest BCUT2D eigenvalue weighted by atomic mass is 35.5. The molecule has 1 nitrogen and oxygen atoms in total. The van der Waals surface area contributed by atoms with Gasteiger partial charge >= 0.3 is 0 Å². The third-order valence-electron chi connectivity index (χ3n) is 2.80. The summed E-state index contributed by atoms with van der Waals surface area (Å²) in [5.74, 6) is 0.220. The van der Waals surface area contributed by atoms with Crippen LogP contribution in [0.3, 0.4) is 0 Å².